The Labute approximate surface area is 173 Å². The molecule has 2 heterocycles. The van der Waals surface area contributed by atoms with Crippen molar-refractivity contribution in [2.45, 2.75) is 56.5 Å². The third-order valence-electron chi connectivity index (χ3n) is 6.80. The van der Waals surface area contributed by atoms with E-state index in [0.717, 1.165) is 28.8 Å². The summed E-state index contributed by atoms with van der Waals surface area (Å²) in [5.74, 6) is 0.00735. The van der Waals surface area contributed by atoms with E-state index in [1.807, 2.05) is 12.1 Å². The maximum atomic E-state index is 12.9. The number of benzene rings is 1. The molecule has 2 saturated heterocycles. The van der Waals surface area contributed by atoms with Crippen molar-refractivity contribution in [3.63, 3.8) is 0 Å². The van der Waals surface area contributed by atoms with Crippen LogP contribution in [0.15, 0.2) is 36.5 Å². The van der Waals surface area contributed by atoms with Gasteiger partial charge in [-0.15, -0.1) is 0 Å². The van der Waals surface area contributed by atoms with E-state index in [2.05, 4.69) is 40.6 Å². The number of hydrogen-bond donors (Lipinski definition) is 0. The molecule has 0 amide bonds. The van der Waals surface area contributed by atoms with Gasteiger partial charge in [0.25, 0.3) is 0 Å². The summed E-state index contributed by atoms with van der Waals surface area (Å²) in [5.41, 5.74) is 2.55. The molecule has 2 bridgehead atoms. The molecule has 0 radical (unpaired) electrons. The third kappa shape index (κ3) is 3.97. The Kier molecular flexibility index (Phi) is 6.06. The summed E-state index contributed by atoms with van der Waals surface area (Å²) in [4.78, 5) is 20.3. The van der Waals surface area contributed by atoms with Gasteiger partial charge in [0, 0.05) is 0 Å². The fraction of sp³-hybridized carbons (Fsp3) is 0.591. The van der Waals surface area contributed by atoms with Crippen molar-refractivity contribution in [3.8, 4) is 0 Å². The van der Waals surface area contributed by atoms with Crippen molar-refractivity contribution in [2.24, 2.45) is 5.92 Å². The average molecular weight is 498 g/mol. The fourth-order valence-electron chi connectivity index (χ4n) is 5.51. The summed E-state index contributed by atoms with van der Waals surface area (Å²) in [6.45, 7) is 4.56. The minimum atomic E-state index is -2.02. The Balaban J connectivity index is 1.99. The molecule has 3 rings (SSSR count). The molecule has 5 heteroatoms. The van der Waals surface area contributed by atoms with Gasteiger partial charge in [-0.25, -0.2) is 0 Å². The first-order valence-corrected chi connectivity index (χ1v) is 20.9. The summed E-state index contributed by atoms with van der Waals surface area (Å²) in [7, 11) is 3.85. The molecule has 5 atom stereocenters. The van der Waals surface area contributed by atoms with Gasteiger partial charge in [-0.3, -0.25) is 0 Å². The standard InChI is InChI=1S/C19H24ClNO2.3CH3.Sn/c1-12(2)21(3)15-9-10-17(21)18(19(22)23-4)16(11-15)13-5-7-14(20)8-6-13;;;;/h5-8,15-18H,1-2,9-11H2,3-4H3;3*1H3;/q+1;;;;/t15?,16-,17?,18+,21?;;;;/m1..../s1. The van der Waals surface area contributed by atoms with E-state index in [9.17, 15) is 4.79 Å². The summed E-state index contributed by atoms with van der Waals surface area (Å²) >= 11 is 4.07. The van der Waals surface area contributed by atoms with E-state index in [1.54, 1.807) is 0 Å². The number of rotatable bonds is 5. The van der Waals surface area contributed by atoms with Crippen LogP contribution in [0.25, 0.3) is 0 Å². The van der Waals surface area contributed by atoms with Crippen LogP contribution in [0.2, 0.25) is 24.3 Å². The molecule has 0 spiro atoms. The molecule has 2 aliphatic rings. The number of halogens is 1. The van der Waals surface area contributed by atoms with Crippen molar-refractivity contribution in [1.29, 1.82) is 0 Å². The number of piperidine rings is 1. The predicted molar refractivity (Wildman–Crippen MR) is 115 cm³/mol. The van der Waals surface area contributed by atoms with Crippen molar-refractivity contribution in [1.82, 2.24) is 0 Å². The van der Waals surface area contributed by atoms with Gasteiger partial charge in [-0.2, -0.15) is 0 Å². The van der Waals surface area contributed by atoms with Gasteiger partial charge in [0.15, 0.2) is 0 Å². The number of ether oxygens (including phenoxy) is 1. The molecule has 27 heavy (non-hydrogen) atoms. The van der Waals surface area contributed by atoms with E-state index in [0.29, 0.717) is 6.04 Å². The number of fused-ring (bicyclic) bond motifs is 2. The van der Waals surface area contributed by atoms with Crippen molar-refractivity contribution < 1.29 is 14.0 Å². The number of allylic oxidation sites excluding steroid dienone is 1. The summed E-state index contributed by atoms with van der Waals surface area (Å²) in [6.07, 6.45) is 3.24. The molecule has 0 aliphatic carbocycles. The minimum absolute atomic E-state index is 0.0725. The van der Waals surface area contributed by atoms with Crippen LogP contribution >= 0.6 is 11.6 Å². The van der Waals surface area contributed by atoms with Crippen LogP contribution in [0.4, 0.5) is 0 Å². The van der Waals surface area contributed by atoms with E-state index < -0.39 is 18.4 Å². The number of methoxy groups -OCH3 is 1. The predicted octanol–water partition coefficient (Wildman–Crippen LogP) is 5.45. The second kappa shape index (κ2) is 7.72. The van der Waals surface area contributed by atoms with Gasteiger partial charge < -0.3 is 0 Å². The molecular formula is C22H33ClNO2Sn+. The summed E-state index contributed by atoms with van der Waals surface area (Å²) < 4.78 is 7.35. The van der Waals surface area contributed by atoms with Gasteiger partial charge in [0.05, 0.1) is 0 Å². The van der Waals surface area contributed by atoms with Crippen LogP contribution in [0, 0.1) is 5.92 Å². The van der Waals surface area contributed by atoms with Gasteiger partial charge in [-0.1, -0.05) is 0 Å². The van der Waals surface area contributed by atoms with Gasteiger partial charge >= 0.3 is 174 Å². The van der Waals surface area contributed by atoms with Gasteiger partial charge in [0.2, 0.25) is 0 Å². The fourth-order valence-corrected chi connectivity index (χ4v) is 10.1. The van der Waals surface area contributed by atoms with Crippen LogP contribution in [0.1, 0.15) is 30.7 Å². The van der Waals surface area contributed by atoms with E-state index in [-0.39, 0.29) is 23.8 Å². The molecule has 1 aromatic rings. The van der Waals surface area contributed by atoms with Crippen LogP contribution in [0.3, 0.4) is 0 Å². The van der Waals surface area contributed by atoms with Crippen LogP contribution in [0.5, 0.6) is 0 Å². The molecule has 3 unspecified atom stereocenters. The second-order valence-electron chi connectivity index (χ2n) is 9.69. The van der Waals surface area contributed by atoms with Gasteiger partial charge in [-0.05, 0) is 0 Å². The zero-order valence-corrected chi connectivity index (χ0v) is 20.9. The van der Waals surface area contributed by atoms with Crippen molar-refractivity contribution in [2.75, 3.05) is 14.2 Å². The number of carbonyl (C=O) groups is 1. The number of nitrogens with zero attached hydrogens (tertiary/aromatic N) is 1. The molecule has 2 aliphatic heterocycles. The Morgan fingerprint density at radius 1 is 1.26 bits per heavy atom. The van der Waals surface area contributed by atoms with E-state index in [4.69, 9.17) is 16.3 Å². The van der Waals surface area contributed by atoms with E-state index >= 15 is 0 Å². The van der Waals surface area contributed by atoms with Crippen LogP contribution < -0.4 is 0 Å². The number of esters is 1. The molecule has 2 fully saturated rings. The molecule has 148 valence electrons. The Hall–Kier alpha value is -0.521. The first kappa shape index (κ1) is 21.2. The third-order valence-corrected chi connectivity index (χ3v) is 11.2. The number of carbonyl (C=O) groups excluding carboxylic acids is 1. The Bertz CT molecular complexity index is 727. The molecular weight excluding hydrogens is 464 g/mol. The number of hydrogen-bond acceptors (Lipinski definition) is 2. The van der Waals surface area contributed by atoms with Gasteiger partial charge in [0.1, 0.15) is 0 Å². The van der Waals surface area contributed by atoms with Crippen molar-refractivity contribution >= 4 is 35.9 Å². The van der Waals surface area contributed by atoms with Crippen molar-refractivity contribution in [3.05, 3.63) is 47.1 Å². The van der Waals surface area contributed by atoms with Crippen LogP contribution in [-0.4, -0.2) is 55.1 Å². The molecule has 1 aromatic carbocycles. The Morgan fingerprint density at radius 3 is 2.44 bits per heavy atom. The molecule has 0 saturated carbocycles. The first-order valence-electron chi connectivity index (χ1n) is 9.95. The van der Waals surface area contributed by atoms with E-state index in [1.165, 1.54) is 22.8 Å². The topological polar surface area (TPSA) is 26.3 Å². The SMILES string of the molecule is C=C([CH2][Sn]([CH3])([CH3])[CH3])[N+]1(C)C2CCC1[C@@H](C(=O)OC)[C@@H](c1ccc(Cl)cc1)C2. The zero-order chi connectivity index (χ0) is 20.0. The Morgan fingerprint density at radius 2 is 1.89 bits per heavy atom. The zero-order valence-electron chi connectivity index (χ0n) is 17.3. The molecule has 3 nitrogen and oxygen atoms in total. The molecule has 0 aromatic heterocycles. The summed E-state index contributed by atoms with van der Waals surface area (Å²) in [5, 5.41) is 0.735. The number of quaternary nitrogens is 1. The average Bonchev–Trinajstić information content (AvgIpc) is 2.79. The summed E-state index contributed by atoms with van der Waals surface area (Å²) in [6, 6.07) is 8.83. The van der Waals surface area contributed by atoms with Crippen LogP contribution in [-0.2, 0) is 9.53 Å². The second-order valence-corrected chi connectivity index (χ2v) is 25.8. The molecule has 0 N–H and O–H groups in total. The first-order chi connectivity index (χ1) is 12.6. The normalized spacial score (nSPS) is 33.0. The monoisotopic (exact) mass is 498 g/mol. The quantitative estimate of drug-likeness (QED) is 0.307. The maximum absolute atomic E-state index is 12.9.